The van der Waals surface area contributed by atoms with Gasteiger partial charge in [-0.3, -0.25) is 4.79 Å². The minimum atomic E-state index is -0.973. The van der Waals surface area contributed by atoms with Crippen LogP contribution in [0.1, 0.15) is 5.56 Å². The summed E-state index contributed by atoms with van der Waals surface area (Å²) < 4.78 is 5.21. The molecule has 0 spiro atoms. The van der Waals surface area contributed by atoms with Gasteiger partial charge in [-0.15, -0.1) is 0 Å². The van der Waals surface area contributed by atoms with Crippen molar-refractivity contribution < 1.29 is 19.4 Å². The Morgan fingerprint density at radius 2 is 2.35 bits per heavy atom. The summed E-state index contributed by atoms with van der Waals surface area (Å²) in [6, 6.07) is 5.37. The Morgan fingerprint density at radius 1 is 1.53 bits per heavy atom. The standard InChI is InChI=1S/C12H11NO4/c14-11-7-17-10-5-4-8(6-9(10)13-11)2-1-3-12(15)16/h1,3-6H,2,7H2,(H,13,14)(H,15,16)/b3-1+. The van der Waals surface area contributed by atoms with Crippen LogP contribution in [0.5, 0.6) is 5.75 Å². The summed E-state index contributed by atoms with van der Waals surface area (Å²) in [5.41, 5.74) is 1.54. The van der Waals surface area contributed by atoms with E-state index >= 15 is 0 Å². The first-order valence-corrected chi connectivity index (χ1v) is 5.10. The fourth-order valence-corrected chi connectivity index (χ4v) is 1.55. The van der Waals surface area contributed by atoms with Crippen molar-refractivity contribution in [1.29, 1.82) is 0 Å². The SMILES string of the molecule is O=C(O)/C=C/Cc1ccc2c(c1)NC(=O)CO2. The fraction of sp³-hybridized carbons (Fsp3) is 0.167. The molecule has 0 unspecified atom stereocenters. The third-order valence-electron chi connectivity index (χ3n) is 2.29. The molecule has 0 bridgehead atoms. The molecule has 2 N–H and O–H groups in total. The lowest BCUT2D eigenvalue weighted by Gasteiger charge is -2.18. The van der Waals surface area contributed by atoms with Gasteiger partial charge in [-0.1, -0.05) is 12.1 Å². The van der Waals surface area contributed by atoms with Crippen LogP contribution in [0.25, 0.3) is 0 Å². The lowest BCUT2D eigenvalue weighted by molar-refractivity contribution is -0.131. The molecule has 88 valence electrons. The molecule has 5 nitrogen and oxygen atoms in total. The van der Waals surface area contributed by atoms with E-state index in [0.29, 0.717) is 17.9 Å². The maximum absolute atomic E-state index is 11.1. The number of fused-ring (bicyclic) bond motifs is 1. The third-order valence-corrected chi connectivity index (χ3v) is 2.29. The van der Waals surface area contributed by atoms with E-state index in [4.69, 9.17) is 9.84 Å². The second kappa shape index (κ2) is 4.69. The number of anilines is 1. The van der Waals surface area contributed by atoms with E-state index in [2.05, 4.69) is 5.32 Å². The molecule has 1 aromatic carbocycles. The highest BCUT2D eigenvalue weighted by atomic mass is 16.5. The highest BCUT2D eigenvalue weighted by Crippen LogP contribution is 2.28. The van der Waals surface area contributed by atoms with Gasteiger partial charge in [0.25, 0.3) is 5.91 Å². The molecule has 0 saturated carbocycles. The van der Waals surface area contributed by atoms with Gasteiger partial charge in [-0.2, -0.15) is 0 Å². The topological polar surface area (TPSA) is 75.6 Å². The van der Waals surface area contributed by atoms with Crippen LogP contribution in [0.4, 0.5) is 5.69 Å². The van der Waals surface area contributed by atoms with E-state index in [1.165, 1.54) is 0 Å². The van der Waals surface area contributed by atoms with E-state index in [0.717, 1.165) is 11.6 Å². The number of rotatable bonds is 3. The van der Waals surface area contributed by atoms with Crippen LogP contribution < -0.4 is 10.1 Å². The van der Waals surface area contributed by atoms with Crippen molar-refractivity contribution in [3.05, 3.63) is 35.9 Å². The van der Waals surface area contributed by atoms with Gasteiger partial charge in [0, 0.05) is 6.08 Å². The third kappa shape index (κ3) is 2.84. The van der Waals surface area contributed by atoms with Crippen LogP contribution in [-0.2, 0) is 16.0 Å². The van der Waals surface area contributed by atoms with Crippen molar-refractivity contribution in [3.63, 3.8) is 0 Å². The summed E-state index contributed by atoms with van der Waals surface area (Å²) in [5, 5.41) is 11.1. The van der Waals surface area contributed by atoms with Crippen LogP contribution >= 0.6 is 0 Å². The summed E-state index contributed by atoms with van der Waals surface area (Å²) in [6.07, 6.45) is 3.14. The van der Waals surface area contributed by atoms with Gasteiger partial charge < -0.3 is 15.2 Å². The van der Waals surface area contributed by atoms with E-state index in [-0.39, 0.29) is 12.5 Å². The van der Waals surface area contributed by atoms with Crippen molar-refractivity contribution in [2.75, 3.05) is 11.9 Å². The van der Waals surface area contributed by atoms with E-state index < -0.39 is 5.97 Å². The maximum atomic E-state index is 11.1. The Hall–Kier alpha value is -2.30. The number of hydrogen-bond donors (Lipinski definition) is 2. The summed E-state index contributed by atoms with van der Waals surface area (Å²) in [4.78, 5) is 21.4. The van der Waals surface area contributed by atoms with Crippen molar-refractivity contribution >= 4 is 17.6 Å². The number of aliphatic carboxylic acids is 1. The molecular weight excluding hydrogens is 222 g/mol. The van der Waals surface area contributed by atoms with E-state index in [9.17, 15) is 9.59 Å². The first kappa shape index (κ1) is 11.2. The van der Waals surface area contributed by atoms with Gasteiger partial charge in [-0.05, 0) is 24.1 Å². The predicted molar refractivity (Wildman–Crippen MR) is 61.0 cm³/mol. The summed E-state index contributed by atoms with van der Waals surface area (Å²) in [7, 11) is 0. The summed E-state index contributed by atoms with van der Waals surface area (Å²) >= 11 is 0. The number of carboxylic acids is 1. The number of allylic oxidation sites excluding steroid dienone is 1. The molecular formula is C12H11NO4. The van der Waals surface area contributed by atoms with Crippen molar-refractivity contribution in [2.24, 2.45) is 0 Å². The number of carboxylic acid groups (broad SMARTS) is 1. The van der Waals surface area contributed by atoms with Crippen molar-refractivity contribution in [1.82, 2.24) is 0 Å². The minimum Gasteiger partial charge on any atom is -0.482 e. The Morgan fingerprint density at radius 3 is 3.12 bits per heavy atom. The molecule has 1 aliphatic heterocycles. The molecule has 5 heteroatoms. The number of nitrogens with one attached hydrogen (secondary N) is 1. The molecule has 1 aliphatic rings. The first-order chi connectivity index (χ1) is 8.15. The van der Waals surface area contributed by atoms with Gasteiger partial charge in [0.1, 0.15) is 5.75 Å². The minimum absolute atomic E-state index is 0.0330. The zero-order chi connectivity index (χ0) is 12.3. The second-order valence-electron chi connectivity index (χ2n) is 3.61. The average molecular weight is 233 g/mol. The number of carbonyl (C=O) groups is 2. The lowest BCUT2D eigenvalue weighted by atomic mass is 10.1. The molecule has 2 rings (SSSR count). The number of ether oxygens (including phenoxy) is 1. The van der Waals surface area contributed by atoms with Gasteiger partial charge in [-0.25, -0.2) is 4.79 Å². The molecule has 0 aromatic heterocycles. The molecule has 1 amide bonds. The summed E-state index contributed by atoms with van der Waals surface area (Å²) in [5.74, 6) is -0.522. The van der Waals surface area contributed by atoms with Crippen molar-refractivity contribution in [2.45, 2.75) is 6.42 Å². The molecule has 0 saturated heterocycles. The van der Waals surface area contributed by atoms with Crippen molar-refractivity contribution in [3.8, 4) is 5.75 Å². The van der Waals surface area contributed by atoms with Gasteiger partial charge >= 0.3 is 5.97 Å². The quantitative estimate of drug-likeness (QED) is 0.769. The molecule has 0 fully saturated rings. The van der Waals surface area contributed by atoms with Gasteiger partial charge in [0.15, 0.2) is 6.61 Å². The smallest absolute Gasteiger partial charge is 0.327 e. The maximum Gasteiger partial charge on any atom is 0.327 e. The molecule has 1 heterocycles. The monoisotopic (exact) mass is 233 g/mol. The number of hydrogen-bond acceptors (Lipinski definition) is 3. The largest absolute Gasteiger partial charge is 0.482 e. The normalized spacial score (nSPS) is 14.0. The number of carbonyl (C=O) groups excluding carboxylic acids is 1. The Balaban J connectivity index is 2.13. The molecule has 0 aliphatic carbocycles. The van der Waals surface area contributed by atoms with Crippen LogP contribution in [0.15, 0.2) is 30.4 Å². The van der Waals surface area contributed by atoms with Gasteiger partial charge in [0.2, 0.25) is 0 Å². The number of benzene rings is 1. The van der Waals surface area contributed by atoms with Crippen LogP contribution in [0.3, 0.4) is 0 Å². The predicted octanol–water partition coefficient (Wildman–Crippen LogP) is 1.20. The Kier molecular flexibility index (Phi) is 3.09. The second-order valence-corrected chi connectivity index (χ2v) is 3.61. The van der Waals surface area contributed by atoms with Crippen LogP contribution in [0.2, 0.25) is 0 Å². The molecule has 1 aromatic rings. The lowest BCUT2D eigenvalue weighted by Crippen LogP contribution is -2.25. The zero-order valence-electron chi connectivity index (χ0n) is 8.97. The van der Waals surface area contributed by atoms with Gasteiger partial charge in [0.05, 0.1) is 5.69 Å². The van der Waals surface area contributed by atoms with E-state index in [1.54, 1.807) is 18.2 Å². The molecule has 0 atom stereocenters. The average Bonchev–Trinajstić information content (AvgIpc) is 2.28. The first-order valence-electron chi connectivity index (χ1n) is 5.10. The highest BCUT2D eigenvalue weighted by Gasteiger charge is 2.15. The number of amides is 1. The Bertz CT molecular complexity index is 493. The highest BCUT2D eigenvalue weighted by molar-refractivity contribution is 5.95. The van der Waals surface area contributed by atoms with Crippen LogP contribution in [-0.4, -0.2) is 23.6 Å². The fourth-order valence-electron chi connectivity index (χ4n) is 1.55. The zero-order valence-corrected chi connectivity index (χ0v) is 8.97. The van der Waals surface area contributed by atoms with E-state index in [1.807, 2.05) is 6.07 Å². The van der Waals surface area contributed by atoms with Crippen LogP contribution in [0, 0.1) is 0 Å². The summed E-state index contributed by atoms with van der Waals surface area (Å²) in [6.45, 7) is 0.0330. The molecule has 17 heavy (non-hydrogen) atoms. The molecule has 0 radical (unpaired) electrons. The Labute approximate surface area is 97.7 Å².